The number of likely N-dealkylation sites (N-methyl/N-ethyl adjacent to an activating group) is 1. The van der Waals surface area contributed by atoms with E-state index in [0.717, 1.165) is 5.56 Å². The van der Waals surface area contributed by atoms with Crippen molar-refractivity contribution >= 4 is 18.1 Å². The maximum atomic E-state index is 11.7. The molecule has 1 heterocycles. The van der Waals surface area contributed by atoms with Crippen molar-refractivity contribution in [2.45, 2.75) is 13.8 Å². The van der Waals surface area contributed by atoms with E-state index in [1.165, 1.54) is 4.90 Å². The van der Waals surface area contributed by atoms with Crippen LogP contribution in [0, 0.1) is 18.3 Å². The van der Waals surface area contributed by atoms with Gasteiger partial charge in [0.25, 0.3) is 11.5 Å². The van der Waals surface area contributed by atoms with Gasteiger partial charge in [0.15, 0.2) is 18.1 Å². The molecule has 0 spiro atoms. The Morgan fingerprint density at radius 2 is 2.04 bits per heavy atom. The molecule has 0 saturated heterocycles. The van der Waals surface area contributed by atoms with Gasteiger partial charge in [-0.05, 0) is 43.2 Å². The molecule has 0 atom stereocenters. The molecule has 0 bridgehead atoms. The van der Waals surface area contributed by atoms with Gasteiger partial charge < -0.3 is 14.4 Å². The zero-order chi connectivity index (χ0) is 20.7. The number of hydrogen-bond donors (Lipinski definition) is 1. The SMILES string of the molecule is CCOc1cc(/C=C/c2n[nH]c(=O)c(C#N)c2C)ccc1OCC(=O)N(C)C. The lowest BCUT2D eigenvalue weighted by atomic mass is 10.1. The molecule has 0 radical (unpaired) electrons. The quantitative estimate of drug-likeness (QED) is 0.784. The van der Waals surface area contributed by atoms with Crippen molar-refractivity contribution in [3.8, 4) is 17.6 Å². The molecular weight excluding hydrogens is 360 g/mol. The average Bonchev–Trinajstić information content (AvgIpc) is 2.67. The standard InChI is InChI=1S/C20H22N4O4/c1-5-27-18-10-14(7-9-17(18)28-12-19(25)24(3)4)6-8-16-13(2)15(11-21)20(26)23-22-16/h6-10H,5,12H2,1-4H3,(H,23,26)/b8-6+. The van der Waals surface area contributed by atoms with Crippen LogP contribution in [0.25, 0.3) is 12.2 Å². The van der Waals surface area contributed by atoms with Gasteiger partial charge in [-0.15, -0.1) is 0 Å². The van der Waals surface area contributed by atoms with Gasteiger partial charge >= 0.3 is 0 Å². The fourth-order valence-corrected chi connectivity index (χ4v) is 2.31. The Hall–Kier alpha value is -3.60. The van der Waals surface area contributed by atoms with Crippen molar-refractivity contribution in [1.82, 2.24) is 15.1 Å². The van der Waals surface area contributed by atoms with E-state index < -0.39 is 5.56 Å². The molecular formula is C20H22N4O4. The third kappa shape index (κ3) is 4.98. The molecule has 0 aliphatic heterocycles. The lowest BCUT2D eigenvalue weighted by Crippen LogP contribution is -2.27. The van der Waals surface area contributed by atoms with Crippen LogP contribution >= 0.6 is 0 Å². The lowest BCUT2D eigenvalue weighted by Gasteiger charge is -2.14. The number of carbonyl (C=O) groups excluding carboxylic acids is 1. The number of rotatable bonds is 7. The molecule has 146 valence electrons. The van der Waals surface area contributed by atoms with E-state index in [-0.39, 0.29) is 18.1 Å². The Bertz CT molecular complexity index is 987. The smallest absolute Gasteiger partial charge is 0.282 e. The summed E-state index contributed by atoms with van der Waals surface area (Å²) in [4.78, 5) is 24.7. The van der Waals surface area contributed by atoms with Crippen molar-refractivity contribution in [2.75, 3.05) is 27.3 Å². The summed E-state index contributed by atoms with van der Waals surface area (Å²) >= 11 is 0. The van der Waals surface area contributed by atoms with Crippen LogP contribution in [0.2, 0.25) is 0 Å². The molecule has 0 unspecified atom stereocenters. The van der Waals surface area contributed by atoms with Gasteiger partial charge in [0.2, 0.25) is 0 Å². The zero-order valence-corrected chi connectivity index (χ0v) is 16.3. The number of nitriles is 1. The van der Waals surface area contributed by atoms with Gasteiger partial charge in [-0.3, -0.25) is 9.59 Å². The maximum absolute atomic E-state index is 11.7. The number of nitrogens with one attached hydrogen (secondary N) is 1. The molecule has 1 aromatic carbocycles. The first kappa shape index (κ1) is 20.7. The second kappa shape index (κ2) is 9.37. The van der Waals surface area contributed by atoms with Gasteiger partial charge in [-0.2, -0.15) is 10.4 Å². The zero-order valence-electron chi connectivity index (χ0n) is 16.3. The van der Waals surface area contributed by atoms with Gasteiger partial charge in [-0.25, -0.2) is 5.10 Å². The molecule has 2 aromatic rings. The predicted molar refractivity (Wildman–Crippen MR) is 105 cm³/mol. The van der Waals surface area contributed by atoms with E-state index in [1.54, 1.807) is 51.4 Å². The van der Waals surface area contributed by atoms with E-state index in [0.29, 0.717) is 29.4 Å². The molecule has 28 heavy (non-hydrogen) atoms. The van der Waals surface area contributed by atoms with Crippen molar-refractivity contribution in [3.63, 3.8) is 0 Å². The first-order valence-electron chi connectivity index (χ1n) is 8.64. The van der Waals surface area contributed by atoms with Gasteiger partial charge in [0.05, 0.1) is 12.3 Å². The van der Waals surface area contributed by atoms with Crippen LogP contribution in [0.15, 0.2) is 23.0 Å². The number of aromatic nitrogens is 2. The van der Waals surface area contributed by atoms with Crippen molar-refractivity contribution in [1.29, 1.82) is 5.26 Å². The van der Waals surface area contributed by atoms with Gasteiger partial charge in [0.1, 0.15) is 11.6 Å². The maximum Gasteiger partial charge on any atom is 0.282 e. The van der Waals surface area contributed by atoms with Crippen LogP contribution in [0.1, 0.15) is 29.3 Å². The van der Waals surface area contributed by atoms with Crippen molar-refractivity contribution in [3.05, 3.63) is 50.9 Å². The number of ether oxygens (including phenoxy) is 2. The summed E-state index contributed by atoms with van der Waals surface area (Å²) in [6.07, 6.45) is 3.49. The minimum atomic E-state index is -0.510. The highest BCUT2D eigenvalue weighted by molar-refractivity contribution is 5.77. The van der Waals surface area contributed by atoms with Gasteiger partial charge in [0, 0.05) is 14.1 Å². The monoisotopic (exact) mass is 382 g/mol. The summed E-state index contributed by atoms with van der Waals surface area (Å²) < 4.78 is 11.2. The van der Waals surface area contributed by atoms with Crippen LogP contribution in [0.4, 0.5) is 0 Å². The first-order valence-corrected chi connectivity index (χ1v) is 8.64. The van der Waals surface area contributed by atoms with E-state index in [9.17, 15) is 9.59 Å². The first-order chi connectivity index (χ1) is 13.4. The fraction of sp³-hybridized carbons (Fsp3) is 0.300. The van der Waals surface area contributed by atoms with Crippen LogP contribution in [0.5, 0.6) is 11.5 Å². The summed E-state index contributed by atoms with van der Waals surface area (Å²) in [6.45, 7) is 3.88. The Morgan fingerprint density at radius 1 is 1.29 bits per heavy atom. The third-order valence-electron chi connectivity index (χ3n) is 3.93. The molecule has 8 heteroatoms. The molecule has 1 amide bonds. The minimum absolute atomic E-state index is 0.0407. The number of nitrogens with zero attached hydrogens (tertiary/aromatic N) is 3. The number of aromatic amines is 1. The molecule has 0 fully saturated rings. The molecule has 1 aromatic heterocycles. The Labute approximate surface area is 163 Å². The predicted octanol–water partition coefficient (Wildman–Crippen LogP) is 1.99. The average molecular weight is 382 g/mol. The third-order valence-corrected chi connectivity index (χ3v) is 3.93. The molecule has 1 N–H and O–H groups in total. The molecule has 0 aliphatic rings. The summed E-state index contributed by atoms with van der Waals surface area (Å²) in [7, 11) is 3.32. The van der Waals surface area contributed by atoms with E-state index in [1.807, 2.05) is 13.0 Å². The summed E-state index contributed by atoms with van der Waals surface area (Å²) in [5.74, 6) is 0.832. The Kier molecular flexibility index (Phi) is 6.93. The van der Waals surface area contributed by atoms with E-state index in [4.69, 9.17) is 14.7 Å². The summed E-state index contributed by atoms with van der Waals surface area (Å²) in [5.41, 5.74) is 1.34. The van der Waals surface area contributed by atoms with Gasteiger partial charge in [-0.1, -0.05) is 12.1 Å². The Morgan fingerprint density at radius 3 is 2.68 bits per heavy atom. The summed E-state index contributed by atoms with van der Waals surface area (Å²) in [5, 5.41) is 15.4. The van der Waals surface area contributed by atoms with Crippen LogP contribution in [0.3, 0.4) is 0 Å². The van der Waals surface area contributed by atoms with Crippen LogP contribution < -0.4 is 15.0 Å². The number of carbonyl (C=O) groups is 1. The second-order valence-corrected chi connectivity index (χ2v) is 6.10. The number of H-pyrrole nitrogens is 1. The molecule has 0 aliphatic carbocycles. The van der Waals surface area contributed by atoms with Crippen LogP contribution in [-0.4, -0.2) is 48.3 Å². The Balaban J connectivity index is 2.26. The highest BCUT2D eigenvalue weighted by Gasteiger charge is 2.11. The largest absolute Gasteiger partial charge is 0.490 e. The minimum Gasteiger partial charge on any atom is -0.490 e. The second-order valence-electron chi connectivity index (χ2n) is 6.10. The van der Waals surface area contributed by atoms with Crippen molar-refractivity contribution < 1.29 is 14.3 Å². The number of benzene rings is 1. The lowest BCUT2D eigenvalue weighted by molar-refractivity contribution is -0.130. The van der Waals surface area contributed by atoms with E-state index in [2.05, 4.69) is 10.2 Å². The highest BCUT2D eigenvalue weighted by atomic mass is 16.5. The highest BCUT2D eigenvalue weighted by Crippen LogP contribution is 2.29. The van der Waals surface area contributed by atoms with E-state index >= 15 is 0 Å². The number of hydrogen-bond acceptors (Lipinski definition) is 6. The molecule has 2 rings (SSSR count). The van der Waals surface area contributed by atoms with Crippen LogP contribution in [-0.2, 0) is 4.79 Å². The number of amides is 1. The normalized spacial score (nSPS) is 10.5. The molecule has 8 nitrogen and oxygen atoms in total. The fourth-order valence-electron chi connectivity index (χ4n) is 2.31. The topological polar surface area (TPSA) is 108 Å². The summed E-state index contributed by atoms with van der Waals surface area (Å²) in [6, 6.07) is 7.19. The molecule has 0 saturated carbocycles. The van der Waals surface area contributed by atoms with Crippen molar-refractivity contribution in [2.24, 2.45) is 0 Å².